The summed E-state index contributed by atoms with van der Waals surface area (Å²) in [7, 11) is 1.68. The maximum absolute atomic E-state index is 11.8. The zero-order valence-corrected chi connectivity index (χ0v) is 27.9. The van der Waals surface area contributed by atoms with Crippen molar-refractivity contribution in [3.8, 4) is 5.75 Å². The maximum Gasteiger partial charge on any atom is 0.410 e. The van der Waals surface area contributed by atoms with Crippen molar-refractivity contribution in [2.24, 2.45) is 0 Å². The summed E-state index contributed by atoms with van der Waals surface area (Å²) in [5.41, 5.74) is -0.508. The number of benzene rings is 1. The Hall–Kier alpha value is -2.07. The van der Waals surface area contributed by atoms with Crippen molar-refractivity contribution in [3.05, 3.63) is 30.3 Å². The number of para-hydroxylation sites is 1. The molecule has 262 valence electrons. The van der Waals surface area contributed by atoms with Gasteiger partial charge in [-0.25, -0.2) is 4.79 Å². The lowest BCUT2D eigenvalue weighted by molar-refractivity contribution is -0.0257. The van der Waals surface area contributed by atoms with E-state index in [1.165, 1.54) is 4.90 Å². The van der Waals surface area contributed by atoms with E-state index in [2.05, 4.69) is 0 Å². The molecule has 1 rings (SSSR count). The summed E-state index contributed by atoms with van der Waals surface area (Å²) in [5.74, 6) is 0.841. The van der Waals surface area contributed by atoms with Crippen LogP contribution >= 0.6 is 0 Å². The number of rotatable bonds is 31. The van der Waals surface area contributed by atoms with Gasteiger partial charge in [-0.3, -0.25) is 0 Å². The van der Waals surface area contributed by atoms with Crippen molar-refractivity contribution >= 4 is 6.09 Å². The van der Waals surface area contributed by atoms with Gasteiger partial charge in [0.05, 0.1) is 119 Å². The first-order valence-electron chi connectivity index (χ1n) is 15.7. The topological polar surface area (TPSA) is 122 Å². The summed E-state index contributed by atoms with van der Waals surface area (Å²) in [6.45, 7) is 15.3. The molecule has 45 heavy (non-hydrogen) atoms. The fourth-order valence-corrected chi connectivity index (χ4v) is 3.23. The highest BCUT2D eigenvalue weighted by molar-refractivity contribution is 5.67. The molecular formula is C32H57NO12. The van der Waals surface area contributed by atoms with E-state index in [1.54, 1.807) is 7.05 Å². The molecule has 0 N–H and O–H groups in total. The zero-order chi connectivity index (χ0) is 32.7. The van der Waals surface area contributed by atoms with Crippen molar-refractivity contribution in [1.29, 1.82) is 0 Å². The molecule has 0 heterocycles. The lowest BCUT2D eigenvalue weighted by Gasteiger charge is -2.24. The molecule has 0 atom stereocenters. The predicted molar refractivity (Wildman–Crippen MR) is 168 cm³/mol. The number of amides is 1. The average molecular weight is 648 g/mol. The molecule has 0 bridgehead atoms. The fourth-order valence-electron chi connectivity index (χ4n) is 3.23. The number of likely N-dealkylation sites (N-methyl/N-ethyl adjacent to an activating group) is 1. The van der Waals surface area contributed by atoms with Gasteiger partial charge in [0.1, 0.15) is 18.0 Å². The minimum Gasteiger partial charge on any atom is -0.491 e. The van der Waals surface area contributed by atoms with E-state index < -0.39 is 5.60 Å². The summed E-state index contributed by atoms with van der Waals surface area (Å²) >= 11 is 0. The Kier molecular flexibility index (Phi) is 26.7. The van der Waals surface area contributed by atoms with Gasteiger partial charge in [0, 0.05) is 13.6 Å². The minimum absolute atomic E-state index is 0.363. The highest BCUT2D eigenvalue weighted by Crippen LogP contribution is 2.09. The zero-order valence-electron chi connectivity index (χ0n) is 27.9. The highest BCUT2D eigenvalue weighted by Gasteiger charge is 2.19. The first-order chi connectivity index (χ1) is 21.9. The number of carbonyl (C=O) groups excluding carboxylic acids is 1. The van der Waals surface area contributed by atoms with Crippen LogP contribution in [0.2, 0.25) is 0 Å². The van der Waals surface area contributed by atoms with Crippen LogP contribution in [0, 0.1) is 0 Å². The van der Waals surface area contributed by atoms with Gasteiger partial charge in [-0.1, -0.05) is 18.2 Å². The highest BCUT2D eigenvalue weighted by atomic mass is 16.6. The van der Waals surface area contributed by atoms with E-state index in [1.807, 2.05) is 51.1 Å². The van der Waals surface area contributed by atoms with Gasteiger partial charge in [-0.2, -0.15) is 0 Å². The summed E-state index contributed by atoms with van der Waals surface area (Å²) < 4.78 is 60.1. The Balaban J connectivity index is 1.67. The molecule has 13 heteroatoms. The fraction of sp³-hybridized carbons (Fsp3) is 0.781. The van der Waals surface area contributed by atoms with Crippen molar-refractivity contribution in [2.45, 2.75) is 26.4 Å². The molecule has 1 aromatic rings. The molecule has 0 aliphatic rings. The number of hydrogen-bond donors (Lipinski definition) is 0. The Morgan fingerprint density at radius 3 is 1.16 bits per heavy atom. The van der Waals surface area contributed by atoms with Crippen LogP contribution in [0.4, 0.5) is 4.79 Å². The molecule has 1 aromatic carbocycles. The van der Waals surface area contributed by atoms with Gasteiger partial charge in [0.2, 0.25) is 0 Å². The van der Waals surface area contributed by atoms with Gasteiger partial charge in [-0.15, -0.1) is 0 Å². The number of carbonyl (C=O) groups is 1. The van der Waals surface area contributed by atoms with E-state index in [4.69, 9.17) is 52.1 Å². The van der Waals surface area contributed by atoms with Gasteiger partial charge >= 0.3 is 6.09 Å². The van der Waals surface area contributed by atoms with E-state index in [9.17, 15) is 4.79 Å². The van der Waals surface area contributed by atoms with Crippen LogP contribution in [0.15, 0.2) is 30.3 Å². The summed E-state index contributed by atoms with van der Waals surface area (Å²) in [5, 5.41) is 0. The van der Waals surface area contributed by atoms with Gasteiger partial charge in [0.25, 0.3) is 0 Å². The lowest BCUT2D eigenvalue weighted by Crippen LogP contribution is -2.36. The SMILES string of the molecule is CN(CCOCCOCCOCCOCCOCCOCCOCCOCCOCCOc1ccccc1)C(=O)OC(C)(C)C. The standard InChI is InChI=1S/C32H57NO12/c1-32(2,3)45-31(34)33(4)10-11-35-12-13-36-14-15-37-16-17-38-18-19-39-20-21-40-22-23-41-24-25-42-26-27-43-28-29-44-30-8-6-5-7-9-30/h5-9H,10-29H2,1-4H3. The van der Waals surface area contributed by atoms with E-state index in [0.29, 0.717) is 132 Å². The van der Waals surface area contributed by atoms with Crippen LogP contribution < -0.4 is 4.74 Å². The third kappa shape index (κ3) is 29.1. The van der Waals surface area contributed by atoms with E-state index in [0.717, 1.165) is 5.75 Å². The predicted octanol–water partition coefficient (Wildman–Crippen LogP) is 3.08. The number of nitrogens with zero attached hydrogens (tertiary/aromatic N) is 1. The molecule has 0 aliphatic heterocycles. The van der Waals surface area contributed by atoms with Crippen molar-refractivity contribution in [1.82, 2.24) is 4.90 Å². The van der Waals surface area contributed by atoms with Crippen LogP contribution in [0.25, 0.3) is 0 Å². The van der Waals surface area contributed by atoms with Gasteiger partial charge in [-0.05, 0) is 32.9 Å². The second-order valence-corrected chi connectivity index (χ2v) is 10.6. The van der Waals surface area contributed by atoms with E-state index >= 15 is 0 Å². The van der Waals surface area contributed by atoms with Crippen LogP contribution in [-0.4, -0.2) is 156 Å². The second-order valence-electron chi connectivity index (χ2n) is 10.6. The molecule has 0 unspecified atom stereocenters. The first-order valence-corrected chi connectivity index (χ1v) is 15.7. The molecule has 0 spiro atoms. The summed E-state index contributed by atoms with van der Waals surface area (Å²) in [4.78, 5) is 13.3. The third-order valence-electron chi connectivity index (χ3n) is 5.49. The average Bonchev–Trinajstić information content (AvgIpc) is 3.01. The Labute approximate surface area is 269 Å². The molecular weight excluding hydrogens is 590 g/mol. The first kappa shape index (κ1) is 41.0. The van der Waals surface area contributed by atoms with Crippen LogP contribution in [0.5, 0.6) is 5.75 Å². The smallest absolute Gasteiger partial charge is 0.410 e. The molecule has 0 fully saturated rings. The quantitative estimate of drug-likeness (QED) is 0.110. The minimum atomic E-state index is -0.508. The molecule has 0 saturated heterocycles. The monoisotopic (exact) mass is 647 g/mol. The largest absolute Gasteiger partial charge is 0.491 e. The molecule has 1 amide bonds. The van der Waals surface area contributed by atoms with Crippen molar-refractivity contribution < 1.29 is 56.9 Å². The molecule has 0 radical (unpaired) electrons. The molecule has 13 nitrogen and oxygen atoms in total. The maximum atomic E-state index is 11.8. The molecule has 0 saturated carbocycles. The van der Waals surface area contributed by atoms with Gasteiger partial charge < -0.3 is 57.0 Å². The van der Waals surface area contributed by atoms with Crippen LogP contribution in [-0.2, 0) is 47.4 Å². The van der Waals surface area contributed by atoms with Gasteiger partial charge in [0.15, 0.2) is 0 Å². The lowest BCUT2D eigenvalue weighted by atomic mass is 10.2. The Morgan fingerprint density at radius 2 is 0.822 bits per heavy atom. The van der Waals surface area contributed by atoms with Crippen molar-refractivity contribution in [3.63, 3.8) is 0 Å². The normalized spacial score (nSPS) is 11.6. The number of ether oxygens (including phenoxy) is 11. The Bertz CT molecular complexity index is 781. The Morgan fingerprint density at radius 1 is 0.511 bits per heavy atom. The molecule has 0 aliphatic carbocycles. The third-order valence-corrected chi connectivity index (χ3v) is 5.49. The second kappa shape index (κ2) is 29.3. The van der Waals surface area contributed by atoms with E-state index in [-0.39, 0.29) is 6.09 Å². The molecule has 0 aromatic heterocycles. The van der Waals surface area contributed by atoms with Crippen molar-refractivity contribution in [2.75, 3.05) is 139 Å². The number of hydrogen-bond acceptors (Lipinski definition) is 12. The van der Waals surface area contributed by atoms with Crippen LogP contribution in [0.3, 0.4) is 0 Å². The summed E-state index contributed by atoms with van der Waals surface area (Å²) in [6, 6.07) is 9.66. The summed E-state index contributed by atoms with van der Waals surface area (Å²) in [6.07, 6.45) is -0.363. The van der Waals surface area contributed by atoms with Crippen LogP contribution in [0.1, 0.15) is 20.8 Å².